The number of methoxy groups -OCH3 is 1. The van der Waals surface area contributed by atoms with Crippen LogP contribution in [-0.2, 0) is 19.1 Å². The molecular formula is C24H23BrN2O7. The van der Waals surface area contributed by atoms with Gasteiger partial charge in [-0.05, 0) is 77.8 Å². The Balaban J connectivity index is 2.24. The highest BCUT2D eigenvalue weighted by Crippen LogP contribution is 2.37. The Morgan fingerprint density at radius 3 is 2.38 bits per heavy atom. The first-order valence-corrected chi connectivity index (χ1v) is 11.0. The lowest BCUT2D eigenvalue weighted by atomic mass is 10.1. The molecule has 2 rings (SSSR count). The standard InChI is InChI=1S/C24H23BrN2O7/c1-4-32-20-12-15(11-19(25)22(20)34-14-21(28)31-3)10-17(13-26)23(29)27-18-8-6-16(7-9-18)24(30)33-5-2/h6-12H,4-5,14H2,1-3H3,(H,27,29)/b17-10+. The van der Waals surface area contributed by atoms with Gasteiger partial charge < -0.3 is 24.3 Å². The number of ether oxygens (including phenoxy) is 4. The number of esters is 2. The van der Waals surface area contributed by atoms with Crippen LogP contribution in [0.1, 0.15) is 29.8 Å². The maximum atomic E-state index is 12.6. The summed E-state index contributed by atoms with van der Waals surface area (Å²) in [6.07, 6.45) is 1.39. The molecule has 0 aliphatic rings. The Morgan fingerprint density at radius 1 is 1.09 bits per heavy atom. The molecule has 34 heavy (non-hydrogen) atoms. The van der Waals surface area contributed by atoms with Crippen molar-refractivity contribution in [2.45, 2.75) is 13.8 Å². The van der Waals surface area contributed by atoms with Crippen molar-refractivity contribution in [3.8, 4) is 17.6 Å². The Kier molecular flexibility index (Phi) is 10.1. The quantitative estimate of drug-likeness (QED) is 0.276. The van der Waals surface area contributed by atoms with Gasteiger partial charge in [0.2, 0.25) is 0 Å². The van der Waals surface area contributed by atoms with Crippen LogP contribution in [0.25, 0.3) is 6.08 Å². The van der Waals surface area contributed by atoms with Gasteiger partial charge in [0, 0.05) is 5.69 Å². The second-order valence-corrected chi connectivity index (χ2v) is 7.40. The Morgan fingerprint density at radius 2 is 1.79 bits per heavy atom. The fourth-order valence-electron chi connectivity index (χ4n) is 2.68. The van der Waals surface area contributed by atoms with Crippen molar-refractivity contribution in [3.05, 3.63) is 57.6 Å². The van der Waals surface area contributed by atoms with Gasteiger partial charge in [-0.3, -0.25) is 4.79 Å². The third kappa shape index (κ3) is 7.35. The van der Waals surface area contributed by atoms with Crippen LogP contribution in [0.5, 0.6) is 11.5 Å². The van der Waals surface area contributed by atoms with Crippen molar-refractivity contribution in [1.82, 2.24) is 0 Å². The van der Waals surface area contributed by atoms with E-state index in [1.807, 2.05) is 6.07 Å². The zero-order valence-electron chi connectivity index (χ0n) is 18.8. The summed E-state index contributed by atoms with van der Waals surface area (Å²) < 4.78 is 21.0. The number of anilines is 1. The molecule has 2 aromatic carbocycles. The van der Waals surface area contributed by atoms with Crippen LogP contribution in [0.3, 0.4) is 0 Å². The summed E-state index contributed by atoms with van der Waals surface area (Å²) in [4.78, 5) is 35.8. The predicted octanol–water partition coefficient (Wildman–Crippen LogP) is 4.12. The van der Waals surface area contributed by atoms with Gasteiger partial charge >= 0.3 is 11.9 Å². The van der Waals surface area contributed by atoms with Gasteiger partial charge in [-0.1, -0.05) is 0 Å². The van der Waals surface area contributed by atoms with E-state index in [-0.39, 0.29) is 24.5 Å². The maximum Gasteiger partial charge on any atom is 0.343 e. The Bertz CT molecular complexity index is 1120. The van der Waals surface area contributed by atoms with Crippen LogP contribution in [0.4, 0.5) is 5.69 Å². The SMILES string of the molecule is CCOC(=O)c1ccc(NC(=O)/C(C#N)=C/c2cc(Br)c(OCC(=O)OC)c(OCC)c2)cc1. The zero-order valence-corrected chi connectivity index (χ0v) is 20.4. The van der Waals surface area contributed by atoms with Crippen molar-refractivity contribution in [3.63, 3.8) is 0 Å². The minimum Gasteiger partial charge on any atom is -0.490 e. The molecule has 0 aromatic heterocycles. The molecule has 178 valence electrons. The highest BCUT2D eigenvalue weighted by Gasteiger charge is 2.16. The first kappa shape index (κ1) is 26.4. The van der Waals surface area contributed by atoms with E-state index < -0.39 is 17.8 Å². The topological polar surface area (TPSA) is 124 Å². The van der Waals surface area contributed by atoms with Crippen molar-refractivity contribution >= 4 is 45.5 Å². The van der Waals surface area contributed by atoms with Crippen LogP contribution < -0.4 is 14.8 Å². The Hall–Kier alpha value is -3.84. The molecule has 0 radical (unpaired) electrons. The lowest BCUT2D eigenvalue weighted by molar-refractivity contribution is -0.143. The minimum absolute atomic E-state index is 0.160. The summed E-state index contributed by atoms with van der Waals surface area (Å²) in [6, 6.07) is 11.2. The summed E-state index contributed by atoms with van der Waals surface area (Å²) >= 11 is 3.36. The van der Waals surface area contributed by atoms with E-state index in [1.165, 1.54) is 37.5 Å². The number of nitriles is 1. The number of nitrogens with one attached hydrogen (secondary N) is 1. The maximum absolute atomic E-state index is 12.6. The van der Waals surface area contributed by atoms with Gasteiger partial charge in [0.15, 0.2) is 18.1 Å². The van der Waals surface area contributed by atoms with E-state index >= 15 is 0 Å². The molecule has 0 saturated carbocycles. The Labute approximate surface area is 205 Å². The number of nitrogens with zero attached hydrogens (tertiary/aromatic N) is 1. The van der Waals surface area contributed by atoms with Gasteiger partial charge in [0.05, 0.1) is 30.4 Å². The van der Waals surface area contributed by atoms with E-state index in [1.54, 1.807) is 26.0 Å². The molecule has 0 saturated heterocycles. The molecule has 0 atom stereocenters. The van der Waals surface area contributed by atoms with E-state index in [2.05, 4.69) is 26.0 Å². The lowest BCUT2D eigenvalue weighted by Gasteiger charge is -2.14. The van der Waals surface area contributed by atoms with Crippen molar-refractivity contribution < 1.29 is 33.3 Å². The molecule has 1 N–H and O–H groups in total. The largest absolute Gasteiger partial charge is 0.490 e. The lowest BCUT2D eigenvalue weighted by Crippen LogP contribution is -2.14. The zero-order chi connectivity index (χ0) is 25.1. The van der Waals surface area contributed by atoms with E-state index in [4.69, 9.17) is 14.2 Å². The van der Waals surface area contributed by atoms with Crippen molar-refractivity contribution in [1.29, 1.82) is 5.26 Å². The molecule has 9 nitrogen and oxygen atoms in total. The molecule has 10 heteroatoms. The van der Waals surface area contributed by atoms with Crippen molar-refractivity contribution in [2.75, 3.05) is 32.2 Å². The number of amides is 1. The molecule has 1 amide bonds. The number of halogens is 1. The molecular weight excluding hydrogens is 508 g/mol. The summed E-state index contributed by atoms with van der Waals surface area (Å²) in [5.41, 5.74) is 1.08. The van der Waals surface area contributed by atoms with Gasteiger partial charge in [-0.25, -0.2) is 9.59 Å². The van der Waals surface area contributed by atoms with Crippen LogP contribution in [0.2, 0.25) is 0 Å². The highest BCUT2D eigenvalue weighted by atomic mass is 79.9. The van der Waals surface area contributed by atoms with Crippen LogP contribution in [0, 0.1) is 11.3 Å². The fraction of sp³-hybridized carbons (Fsp3) is 0.250. The number of carbonyl (C=O) groups excluding carboxylic acids is 3. The number of rotatable bonds is 10. The third-order valence-electron chi connectivity index (χ3n) is 4.22. The van der Waals surface area contributed by atoms with Crippen molar-refractivity contribution in [2.24, 2.45) is 0 Å². The second-order valence-electron chi connectivity index (χ2n) is 6.55. The summed E-state index contributed by atoms with van der Waals surface area (Å²) in [5.74, 6) is -1.05. The molecule has 0 bridgehead atoms. The van der Waals surface area contributed by atoms with Crippen LogP contribution in [0.15, 0.2) is 46.4 Å². The number of hydrogen-bond acceptors (Lipinski definition) is 8. The molecule has 0 spiro atoms. The number of benzene rings is 2. The van der Waals surface area contributed by atoms with Gasteiger partial charge in [0.1, 0.15) is 11.6 Å². The highest BCUT2D eigenvalue weighted by molar-refractivity contribution is 9.10. The van der Waals surface area contributed by atoms with Gasteiger partial charge in [-0.2, -0.15) is 5.26 Å². The molecule has 0 aliphatic carbocycles. The number of hydrogen-bond donors (Lipinski definition) is 1. The predicted molar refractivity (Wildman–Crippen MR) is 127 cm³/mol. The first-order chi connectivity index (χ1) is 16.3. The second kappa shape index (κ2) is 13.0. The average Bonchev–Trinajstić information content (AvgIpc) is 2.82. The molecule has 0 unspecified atom stereocenters. The minimum atomic E-state index is -0.633. The normalized spacial score (nSPS) is 10.6. The molecule has 0 aliphatic heterocycles. The fourth-order valence-corrected chi connectivity index (χ4v) is 3.26. The monoisotopic (exact) mass is 530 g/mol. The van der Waals surface area contributed by atoms with E-state index in [9.17, 15) is 19.6 Å². The summed E-state index contributed by atoms with van der Waals surface area (Å²) in [6.45, 7) is 3.75. The average molecular weight is 531 g/mol. The van der Waals surface area contributed by atoms with E-state index in [0.29, 0.717) is 33.6 Å². The number of carbonyl (C=O) groups is 3. The summed E-state index contributed by atoms with van der Waals surface area (Å²) in [5, 5.41) is 12.1. The molecule has 2 aromatic rings. The molecule has 0 heterocycles. The summed E-state index contributed by atoms with van der Waals surface area (Å²) in [7, 11) is 1.25. The van der Waals surface area contributed by atoms with Crippen LogP contribution in [-0.4, -0.2) is 44.8 Å². The van der Waals surface area contributed by atoms with Gasteiger partial charge in [-0.15, -0.1) is 0 Å². The van der Waals surface area contributed by atoms with Crippen LogP contribution >= 0.6 is 15.9 Å². The van der Waals surface area contributed by atoms with E-state index in [0.717, 1.165) is 0 Å². The van der Waals surface area contributed by atoms with Gasteiger partial charge in [0.25, 0.3) is 5.91 Å². The molecule has 0 fully saturated rings. The smallest absolute Gasteiger partial charge is 0.343 e. The third-order valence-corrected chi connectivity index (χ3v) is 4.81. The first-order valence-electron chi connectivity index (χ1n) is 10.2.